The minimum Gasteiger partial charge on any atom is -0.465 e. The number of carbonyl (C=O) groups is 2. The second-order valence-electron chi connectivity index (χ2n) is 8.01. The Labute approximate surface area is 223 Å². The Hall–Kier alpha value is -2.70. The van der Waals surface area contributed by atoms with Crippen LogP contribution in [-0.2, 0) is 14.3 Å². The average molecular weight is 550 g/mol. The molecule has 1 aliphatic rings. The third kappa shape index (κ3) is 4.50. The van der Waals surface area contributed by atoms with E-state index in [9.17, 15) is 9.59 Å². The van der Waals surface area contributed by atoms with Crippen LogP contribution in [0.2, 0.25) is 20.1 Å². The lowest BCUT2D eigenvalue weighted by Gasteiger charge is -2.18. The van der Waals surface area contributed by atoms with E-state index in [2.05, 4.69) is 0 Å². The molecule has 35 heavy (non-hydrogen) atoms. The van der Waals surface area contributed by atoms with Crippen molar-refractivity contribution in [2.75, 3.05) is 12.0 Å². The molecule has 0 saturated carbocycles. The van der Waals surface area contributed by atoms with Crippen LogP contribution in [0.1, 0.15) is 23.9 Å². The van der Waals surface area contributed by atoms with Crippen LogP contribution in [-0.4, -0.2) is 23.6 Å². The number of ether oxygens (including phenoxy) is 1. The van der Waals surface area contributed by atoms with Crippen LogP contribution >= 0.6 is 46.4 Å². The zero-order chi connectivity index (χ0) is 25.6. The zero-order valence-electron chi connectivity index (χ0n) is 19.2. The number of aryl methyl sites for hydroxylation is 1. The van der Waals surface area contributed by atoms with Crippen molar-refractivity contribution in [3.05, 3.63) is 96.3 Å². The highest BCUT2D eigenvalue weighted by molar-refractivity contribution is 6.42. The maximum absolute atomic E-state index is 13.6. The lowest BCUT2D eigenvalue weighted by Crippen LogP contribution is -2.24. The van der Waals surface area contributed by atoms with Crippen molar-refractivity contribution in [1.29, 1.82) is 0 Å². The fraction of sp³-hybridized carbons (Fsp3) is 0.154. The highest BCUT2D eigenvalue weighted by atomic mass is 35.5. The summed E-state index contributed by atoms with van der Waals surface area (Å²) in [7, 11) is 1.28. The highest BCUT2D eigenvalue weighted by Gasteiger charge is 2.38. The summed E-state index contributed by atoms with van der Waals surface area (Å²) in [6, 6.07) is 12.0. The van der Waals surface area contributed by atoms with E-state index in [1.807, 2.05) is 24.5 Å². The Balaban J connectivity index is 1.87. The van der Waals surface area contributed by atoms with Gasteiger partial charge in [-0.1, -0.05) is 46.4 Å². The average Bonchev–Trinajstić information content (AvgIpc) is 3.23. The minimum atomic E-state index is -0.614. The number of allylic oxidation sites excluding steroid dienone is 1. The molecule has 0 atom stereocenters. The van der Waals surface area contributed by atoms with Crippen molar-refractivity contribution in [3.63, 3.8) is 0 Å². The molecule has 0 saturated heterocycles. The molecule has 0 radical (unpaired) electrons. The fourth-order valence-corrected chi connectivity index (χ4v) is 4.89. The predicted octanol–water partition coefficient (Wildman–Crippen LogP) is 7.58. The third-order valence-corrected chi connectivity index (χ3v) is 7.16. The standard InChI is InChI=1S/C26H20Cl4N2O3/c1-13-9-16(14(2)31(13)23-11-17(27)5-7-21(23)29)10-19-24(26(34)35-4)15(3)32(25(19)33)18-6-8-20(28)22(30)12-18/h5-12H,1-4H3/b19-10-. The van der Waals surface area contributed by atoms with E-state index in [0.29, 0.717) is 37.2 Å². The van der Waals surface area contributed by atoms with Crippen molar-refractivity contribution in [2.45, 2.75) is 20.8 Å². The number of esters is 1. The van der Waals surface area contributed by atoms with E-state index < -0.39 is 5.97 Å². The summed E-state index contributed by atoms with van der Waals surface area (Å²) in [5.74, 6) is -0.997. The molecule has 0 aliphatic carbocycles. The summed E-state index contributed by atoms with van der Waals surface area (Å²) in [4.78, 5) is 27.8. The molecule has 9 heteroatoms. The van der Waals surface area contributed by atoms with Gasteiger partial charge in [-0.2, -0.15) is 0 Å². The molecule has 180 valence electrons. The van der Waals surface area contributed by atoms with E-state index in [1.54, 1.807) is 49.4 Å². The van der Waals surface area contributed by atoms with Gasteiger partial charge >= 0.3 is 5.97 Å². The van der Waals surface area contributed by atoms with Crippen molar-refractivity contribution < 1.29 is 14.3 Å². The molecular weight excluding hydrogens is 530 g/mol. The van der Waals surface area contributed by atoms with Crippen molar-refractivity contribution in [2.24, 2.45) is 0 Å². The summed E-state index contributed by atoms with van der Waals surface area (Å²) in [6.45, 7) is 5.51. The Morgan fingerprint density at radius 1 is 0.914 bits per heavy atom. The first-order valence-corrected chi connectivity index (χ1v) is 12.0. The molecule has 1 aliphatic heterocycles. The van der Waals surface area contributed by atoms with Gasteiger partial charge in [0.25, 0.3) is 5.91 Å². The van der Waals surface area contributed by atoms with Gasteiger partial charge in [0.15, 0.2) is 0 Å². The largest absolute Gasteiger partial charge is 0.465 e. The van der Waals surface area contributed by atoms with Crippen LogP contribution < -0.4 is 4.90 Å². The second kappa shape index (κ2) is 9.75. The van der Waals surface area contributed by atoms with Gasteiger partial charge in [-0.25, -0.2) is 4.79 Å². The normalized spacial score (nSPS) is 14.9. The molecule has 0 fully saturated rings. The first kappa shape index (κ1) is 25.4. The molecule has 2 aromatic carbocycles. The molecule has 1 amide bonds. The third-order valence-electron chi connectivity index (χ3n) is 5.87. The maximum Gasteiger partial charge on any atom is 0.340 e. The van der Waals surface area contributed by atoms with E-state index in [4.69, 9.17) is 51.1 Å². The number of rotatable bonds is 4. The van der Waals surface area contributed by atoms with Crippen molar-refractivity contribution in [3.8, 4) is 5.69 Å². The molecule has 2 heterocycles. The Morgan fingerprint density at radius 2 is 1.60 bits per heavy atom. The van der Waals surface area contributed by atoms with Crippen LogP contribution in [0, 0.1) is 13.8 Å². The monoisotopic (exact) mass is 548 g/mol. The number of amides is 1. The van der Waals surface area contributed by atoms with Gasteiger partial charge in [0.1, 0.15) is 0 Å². The fourth-order valence-electron chi connectivity index (χ4n) is 4.23. The number of hydrogen-bond acceptors (Lipinski definition) is 3. The number of anilines is 1. The van der Waals surface area contributed by atoms with Crippen LogP contribution in [0.15, 0.2) is 59.3 Å². The number of hydrogen-bond donors (Lipinski definition) is 0. The Kier molecular flexibility index (Phi) is 7.07. The molecule has 3 aromatic rings. The second-order valence-corrected chi connectivity index (χ2v) is 9.66. The van der Waals surface area contributed by atoms with Gasteiger partial charge < -0.3 is 9.30 Å². The lowest BCUT2D eigenvalue weighted by molar-refractivity contribution is -0.136. The molecule has 1 aromatic heterocycles. The topological polar surface area (TPSA) is 51.5 Å². The van der Waals surface area contributed by atoms with Crippen LogP contribution in [0.5, 0.6) is 0 Å². The Bertz CT molecular complexity index is 1450. The minimum absolute atomic E-state index is 0.175. The molecule has 0 unspecified atom stereocenters. The van der Waals surface area contributed by atoms with Crippen LogP contribution in [0.25, 0.3) is 11.8 Å². The van der Waals surface area contributed by atoms with E-state index in [-0.39, 0.29) is 17.1 Å². The van der Waals surface area contributed by atoms with Gasteiger partial charge in [0.05, 0.1) is 44.7 Å². The molecule has 0 bridgehead atoms. The van der Waals surface area contributed by atoms with E-state index in [0.717, 1.165) is 17.0 Å². The maximum atomic E-state index is 13.6. The van der Waals surface area contributed by atoms with Gasteiger partial charge in [-0.3, -0.25) is 9.69 Å². The molecule has 0 N–H and O–H groups in total. The summed E-state index contributed by atoms with van der Waals surface area (Å²) in [5.41, 5.74) is 4.46. The van der Waals surface area contributed by atoms with Gasteiger partial charge in [0, 0.05) is 22.1 Å². The number of halogens is 4. The van der Waals surface area contributed by atoms with Gasteiger partial charge in [-0.05, 0) is 74.9 Å². The number of nitrogens with zero attached hydrogens (tertiary/aromatic N) is 2. The van der Waals surface area contributed by atoms with Crippen molar-refractivity contribution in [1.82, 2.24) is 4.57 Å². The van der Waals surface area contributed by atoms with E-state index in [1.165, 1.54) is 12.0 Å². The zero-order valence-corrected chi connectivity index (χ0v) is 22.3. The number of methoxy groups -OCH3 is 1. The van der Waals surface area contributed by atoms with Crippen LogP contribution in [0.4, 0.5) is 5.69 Å². The SMILES string of the molecule is COC(=O)C1=C(C)N(c2ccc(Cl)c(Cl)c2)C(=O)/C1=C\c1cc(C)n(-c2cc(Cl)ccc2Cl)c1C. The summed E-state index contributed by atoms with van der Waals surface area (Å²) in [5, 5.41) is 1.74. The molecule has 4 rings (SSSR count). The number of aromatic nitrogens is 1. The summed E-state index contributed by atoms with van der Waals surface area (Å²) >= 11 is 24.9. The first-order valence-electron chi connectivity index (χ1n) is 10.5. The molecular formula is C26H20Cl4N2O3. The van der Waals surface area contributed by atoms with Crippen molar-refractivity contribution >= 4 is 70.0 Å². The summed E-state index contributed by atoms with van der Waals surface area (Å²) in [6.07, 6.45) is 1.69. The highest BCUT2D eigenvalue weighted by Crippen LogP contribution is 2.38. The summed E-state index contributed by atoms with van der Waals surface area (Å²) < 4.78 is 6.95. The van der Waals surface area contributed by atoms with Crippen LogP contribution in [0.3, 0.4) is 0 Å². The number of benzene rings is 2. The molecule has 5 nitrogen and oxygen atoms in total. The van der Waals surface area contributed by atoms with Gasteiger partial charge in [0.2, 0.25) is 0 Å². The first-order chi connectivity index (χ1) is 16.5. The van der Waals surface area contributed by atoms with Gasteiger partial charge in [-0.15, -0.1) is 0 Å². The predicted molar refractivity (Wildman–Crippen MR) is 142 cm³/mol. The quantitative estimate of drug-likeness (QED) is 0.249. The lowest BCUT2D eigenvalue weighted by atomic mass is 10.0. The molecule has 0 spiro atoms. The smallest absolute Gasteiger partial charge is 0.340 e. The van der Waals surface area contributed by atoms with E-state index >= 15 is 0 Å². The number of carbonyl (C=O) groups excluding carboxylic acids is 2. The Morgan fingerprint density at radius 3 is 2.26 bits per heavy atom.